The molecular weight excluding hydrogens is 346 g/mol. The van der Waals surface area contributed by atoms with Crippen LogP contribution in [-0.2, 0) is 20.1 Å². The van der Waals surface area contributed by atoms with Crippen molar-refractivity contribution in [1.29, 1.82) is 0 Å². The highest BCUT2D eigenvalue weighted by Crippen LogP contribution is 2.22. The standard InChI is InChI=1S/C18H21N7O2/c1-3-16(26)15-10-14-11-24(8-9-25(14)20-15)18(27)13-6-4-12(5-7-13)17-19-22-23(2)21-17/h4-7,10,16,26H,3,8-9,11H2,1-2H3. The quantitative estimate of drug-likeness (QED) is 0.743. The first-order valence-corrected chi connectivity index (χ1v) is 8.93. The average molecular weight is 367 g/mol. The molecule has 0 spiro atoms. The van der Waals surface area contributed by atoms with Gasteiger partial charge in [0.05, 0.1) is 37.6 Å². The Morgan fingerprint density at radius 3 is 2.67 bits per heavy atom. The monoisotopic (exact) mass is 367 g/mol. The van der Waals surface area contributed by atoms with Crippen LogP contribution in [0.3, 0.4) is 0 Å². The van der Waals surface area contributed by atoms with Crippen LogP contribution in [0.15, 0.2) is 30.3 Å². The zero-order valence-electron chi connectivity index (χ0n) is 15.3. The van der Waals surface area contributed by atoms with Crippen LogP contribution in [0, 0.1) is 0 Å². The summed E-state index contributed by atoms with van der Waals surface area (Å²) >= 11 is 0. The van der Waals surface area contributed by atoms with Crippen molar-refractivity contribution in [3.05, 3.63) is 47.3 Å². The van der Waals surface area contributed by atoms with Gasteiger partial charge in [-0.05, 0) is 29.8 Å². The molecule has 0 bridgehead atoms. The van der Waals surface area contributed by atoms with Gasteiger partial charge in [-0.3, -0.25) is 9.48 Å². The van der Waals surface area contributed by atoms with Crippen LogP contribution in [0.1, 0.15) is 41.2 Å². The highest BCUT2D eigenvalue weighted by Gasteiger charge is 2.24. The van der Waals surface area contributed by atoms with Crippen molar-refractivity contribution in [3.8, 4) is 11.4 Å². The first kappa shape index (κ1) is 17.3. The van der Waals surface area contributed by atoms with E-state index in [0.717, 1.165) is 11.3 Å². The van der Waals surface area contributed by atoms with Gasteiger partial charge in [-0.2, -0.15) is 9.90 Å². The number of carbonyl (C=O) groups is 1. The molecule has 1 N–H and O–H groups in total. The van der Waals surface area contributed by atoms with Crippen molar-refractivity contribution in [2.75, 3.05) is 6.54 Å². The average Bonchev–Trinajstić information content (AvgIpc) is 3.32. The summed E-state index contributed by atoms with van der Waals surface area (Å²) in [5.74, 6) is 0.499. The predicted molar refractivity (Wildman–Crippen MR) is 96.5 cm³/mol. The van der Waals surface area contributed by atoms with Crippen LogP contribution in [0.5, 0.6) is 0 Å². The van der Waals surface area contributed by atoms with Gasteiger partial charge in [-0.1, -0.05) is 19.1 Å². The number of carbonyl (C=O) groups excluding carboxylic acids is 1. The van der Waals surface area contributed by atoms with Crippen molar-refractivity contribution in [1.82, 2.24) is 34.9 Å². The fourth-order valence-corrected chi connectivity index (χ4v) is 3.18. The predicted octanol–water partition coefficient (Wildman–Crippen LogP) is 1.17. The number of aliphatic hydroxyl groups excluding tert-OH is 1. The number of aliphatic hydroxyl groups is 1. The molecule has 0 radical (unpaired) electrons. The van der Waals surface area contributed by atoms with Crippen molar-refractivity contribution < 1.29 is 9.90 Å². The number of tetrazole rings is 1. The summed E-state index contributed by atoms with van der Waals surface area (Å²) < 4.78 is 1.88. The van der Waals surface area contributed by atoms with E-state index in [-0.39, 0.29) is 5.91 Å². The molecule has 0 saturated carbocycles. The molecule has 0 aliphatic carbocycles. The maximum atomic E-state index is 12.9. The van der Waals surface area contributed by atoms with Gasteiger partial charge in [0.15, 0.2) is 0 Å². The van der Waals surface area contributed by atoms with Gasteiger partial charge in [0.25, 0.3) is 5.91 Å². The number of fused-ring (bicyclic) bond motifs is 1. The van der Waals surface area contributed by atoms with Crippen LogP contribution in [0.4, 0.5) is 0 Å². The Morgan fingerprint density at radius 1 is 1.22 bits per heavy atom. The van der Waals surface area contributed by atoms with Gasteiger partial charge in [-0.15, -0.1) is 10.2 Å². The first-order valence-electron chi connectivity index (χ1n) is 8.93. The van der Waals surface area contributed by atoms with Crippen molar-refractivity contribution in [3.63, 3.8) is 0 Å². The fourth-order valence-electron chi connectivity index (χ4n) is 3.18. The van der Waals surface area contributed by atoms with Gasteiger partial charge < -0.3 is 10.0 Å². The third kappa shape index (κ3) is 3.33. The van der Waals surface area contributed by atoms with Gasteiger partial charge in [0.1, 0.15) is 0 Å². The molecule has 1 unspecified atom stereocenters. The lowest BCUT2D eigenvalue weighted by molar-refractivity contribution is 0.0705. The molecule has 1 atom stereocenters. The molecule has 3 heterocycles. The molecule has 1 aliphatic rings. The Hall–Kier alpha value is -3.07. The van der Waals surface area contributed by atoms with Crippen LogP contribution in [0.25, 0.3) is 11.4 Å². The van der Waals surface area contributed by atoms with Gasteiger partial charge in [0.2, 0.25) is 5.82 Å². The lowest BCUT2D eigenvalue weighted by Crippen LogP contribution is -2.38. The van der Waals surface area contributed by atoms with E-state index >= 15 is 0 Å². The summed E-state index contributed by atoms with van der Waals surface area (Å²) in [5.41, 5.74) is 3.04. The summed E-state index contributed by atoms with van der Waals surface area (Å²) in [7, 11) is 1.71. The Labute approximate surface area is 156 Å². The number of nitrogens with zero attached hydrogens (tertiary/aromatic N) is 7. The van der Waals surface area contributed by atoms with E-state index < -0.39 is 6.10 Å². The largest absolute Gasteiger partial charge is 0.387 e. The third-order valence-corrected chi connectivity index (χ3v) is 4.73. The summed E-state index contributed by atoms with van der Waals surface area (Å²) in [5, 5.41) is 26.4. The molecule has 0 fully saturated rings. The fraction of sp³-hybridized carbons (Fsp3) is 0.389. The molecule has 4 rings (SSSR count). The third-order valence-electron chi connectivity index (χ3n) is 4.73. The minimum atomic E-state index is -0.561. The van der Waals surface area contributed by atoms with Crippen LogP contribution in [0.2, 0.25) is 0 Å². The SMILES string of the molecule is CCC(O)c1cc2n(n1)CCN(C(=O)c1ccc(-c3nnn(C)n3)cc1)C2. The molecule has 27 heavy (non-hydrogen) atoms. The van der Waals surface area contributed by atoms with E-state index in [4.69, 9.17) is 0 Å². The van der Waals surface area contributed by atoms with Crippen LogP contribution < -0.4 is 0 Å². The Bertz CT molecular complexity index is 961. The molecule has 140 valence electrons. The number of rotatable bonds is 4. The maximum Gasteiger partial charge on any atom is 0.254 e. The summed E-state index contributed by atoms with van der Waals surface area (Å²) in [6.07, 6.45) is 0.0565. The second-order valence-corrected chi connectivity index (χ2v) is 6.61. The second-order valence-electron chi connectivity index (χ2n) is 6.61. The van der Waals surface area contributed by atoms with E-state index in [9.17, 15) is 9.90 Å². The number of aryl methyl sites for hydroxylation is 1. The van der Waals surface area contributed by atoms with E-state index in [0.29, 0.717) is 43.1 Å². The van der Waals surface area contributed by atoms with Gasteiger partial charge >= 0.3 is 0 Å². The first-order chi connectivity index (χ1) is 13.0. The summed E-state index contributed by atoms with van der Waals surface area (Å²) in [6.45, 7) is 3.61. The molecule has 1 amide bonds. The zero-order valence-corrected chi connectivity index (χ0v) is 15.3. The van der Waals surface area contributed by atoms with Gasteiger partial charge in [0, 0.05) is 17.7 Å². The van der Waals surface area contributed by atoms with E-state index in [1.807, 2.05) is 29.8 Å². The molecule has 9 nitrogen and oxygen atoms in total. The lowest BCUT2D eigenvalue weighted by Gasteiger charge is -2.27. The molecule has 1 aromatic carbocycles. The highest BCUT2D eigenvalue weighted by atomic mass is 16.3. The lowest BCUT2D eigenvalue weighted by atomic mass is 10.1. The van der Waals surface area contributed by atoms with Crippen LogP contribution in [-0.4, -0.2) is 52.4 Å². The molecule has 3 aromatic rings. The Morgan fingerprint density at radius 2 is 2.00 bits per heavy atom. The normalized spacial score (nSPS) is 14.9. The zero-order chi connectivity index (χ0) is 19.0. The molecular formula is C18H21N7O2. The van der Waals surface area contributed by atoms with Crippen LogP contribution >= 0.6 is 0 Å². The summed E-state index contributed by atoms with van der Waals surface area (Å²) in [6, 6.07) is 9.11. The number of hydrogen-bond donors (Lipinski definition) is 1. The van der Waals surface area contributed by atoms with E-state index in [1.165, 1.54) is 4.80 Å². The number of benzene rings is 1. The Kier molecular flexibility index (Phi) is 4.44. The maximum absolute atomic E-state index is 12.9. The second kappa shape index (κ2) is 6.92. The molecule has 1 aliphatic heterocycles. The number of amides is 1. The summed E-state index contributed by atoms with van der Waals surface area (Å²) in [4.78, 5) is 16.1. The number of aromatic nitrogens is 6. The molecule has 0 saturated heterocycles. The minimum absolute atomic E-state index is 0.0290. The number of hydrogen-bond acceptors (Lipinski definition) is 6. The topological polar surface area (TPSA) is 102 Å². The van der Waals surface area contributed by atoms with Crippen molar-refractivity contribution in [2.45, 2.75) is 32.5 Å². The van der Waals surface area contributed by atoms with Crippen molar-refractivity contribution >= 4 is 5.91 Å². The van der Waals surface area contributed by atoms with Crippen molar-refractivity contribution in [2.24, 2.45) is 7.05 Å². The van der Waals surface area contributed by atoms with Gasteiger partial charge in [-0.25, -0.2) is 0 Å². The highest BCUT2D eigenvalue weighted by molar-refractivity contribution is 5.94. The smallest absolute Gasteiger partial charge is 0.254 e. The van der Waals surface area contributed by atoms with E-state index in [1.54, 1.807) is 24.1 Å². The van der Waals surface area contributed by atoms with E-state index in [2.05, 4.69) is 20.5 Å². The Balaban J connectivity index is 1.49. The molecule has 2 aromatic heterocycles. The molecule has 9 heteroatoms. The minimum Gasteiger partial charge on any atom is -0.387 e.